The van der Waals surface area contributed by atoms with Crippen LogP contribution < -0.4 is 10.1 Å². The third kappa shape index (κ3) is 6.34. The van der Waals surface area contributed by atoms with E-state index in [0.717, 1.165) is 24.0 Å². The molecule has 4 rings (SSSR count). The average molecular weight is 508 g/mol. The zero-order valence-corrected chi connectivity index (χ0v) is 21.5. The van der Waals surface area contributed by atoms with Gasteiger partial charge in [0.25, 0.3) is 5.91 Å². The summed E-state index contributed by atoms with van der Waals surface area (Å²) in [4.78, 5) is 25.3. The summed E-state index contributed by atoms with van der Waals surface area (Å²) < 4.78 is 39.3. The lowest BCUT2D eigenvalue weighted by Crippen LogP contribution is -2.15. The van der Waals surface area contributed by atoms with Gasteiger partial charge in [-0.2, -0.15) is 0 Å². The Hall–Kier alpha value is -3.74. The monoisotopic (exact) mass is 507 g/mol. The Morgan fingerprint density at radius 3 is 2.43 bits per heavy atom. The third-order valence-electron chi connectivity index (χ3n) is 6.55. The number of amides is 1. The molecule has 1 atom stereocenters. The second-order valence-corrected chi connectivity index (χ2v) is 9.59. The summed E-state index contributed by atoms with van der Waals surface area (Å²) in [6.07, 6.45) is 2.20. The fraction of sp³-hybridized carbons (Fsp3) is 0.333. The zero-order valence-electron chi connectivity index (χ0n) is 21.5. The van der Waals surface area contributed by atoms with Gasteiger partial charge in [0, 0.05) is 5.69 Å². The van der Waals surface area contributed by atoms with Crippen LogP contribution in [-0.2, 0) is 9.53 Å². The van der Waals surface area contributed by atoms with Gasteiger partial charge in [-0.05, 0) is 116 Å². The van der Waals surface area contributed by atoms with Crippen molar-refractivity contribution in [1.82, 2.24) is 0 Å². The number of hydrogen-bond acceptors (Lipinski definition) is 4. The summed E-state index contributed by atoms with van der Waals surface area (Å²) in [7, 11) is 0. The fourth-order valence-electron chi connectivity index (χ4n) is 4.42. The van der Waals surface area contributed by atoms with E-state index in [2.05, 4.69) is 5.32 Å². The smallest absolute Gasteiger partial charge is 0.306 e. The minimum absolute atomic E-state index is 0.0268. The molecule has 5 nitrogen and oxygen atoms in total. The lowest BCUT2D eigenvalue weighted by Gasteiger charge is -2.17. The number of aryl methyl sites for hydroxylation is 2. The van der Waals surface area contributed by atoms with Crippen molar-refractivity contribution in [3.8, 4) is 11.5 Å². The van der Waals surface area contributed by atoms with Gasteiger partial charge in [0.1, 0.15) is 23.1 Å². The van der Waals surface area contributed by atoms with Crippen LogP contribution in [0.1, 0.15) is 77.6 Å². The van der Waals surface area contributed by atoms with Crippen LogP contribution in [0.4, 0.5) is 14.5 Å². The molecule has 0 bridgehead atoms. The lowest BCUT2D eigenvalue weighted by atomic mass is 9.96. The van der Waals surface area contributed by atoms with E-state index in [1.165, 1.54) is 30.3 Å². The SMILES string of the molecule is CCOC(=O)CC(C)c1cc(NC(=O)c2cc(C)c(C3CC3)cc2Oc2ccc(F)cc2C)ccc1F. The Balaban J connectivity index is 1.62. The van der Waals surface area contributed by atoms with Crippen molar-refractivity contribution >= 4 is 17.6 Å². The first-order valence-electron chi connectivity index (χ1n) is 12.5. The standard InChI is InChI=1S/C30H31F2NO4/c1-5-36-29(34)14-18(3)24-15-22(9-10-26(24)32)33-30(35)25-13-17(2)23(20-6-7-20)16-28(25)37-27-11-8-21(31)12-19(27)4/h8-13,15-16,18,20H,5-7,14H2,1-4H3,(H,33,35). The van der Waals surface area contributed by atoms with E-state index in [1.807, 2.05) is 13.0 Å². The Labute approximate surface area is 215 Å². The summed E-state index contributed by atoms with van der Waals surface area (Å²) in [5.74, 6) is -0.824. The van der Waals surface area contributed by atoms with Crippen LogP contribution in [0.5, 0.6) is 11.5 Å². The van der Waals surface area contributed by atoms with Crippen LogP contribution in [0, 0.1) is 25.5 Å². The van der Waals surface area contributed by atoms with Gasteiger partial charge in [-0.25, -0.2) is 8.78 Å². The molecular weight excluding hydrogens is 476 g/mol. The number of halogens is 2. The summed E-state index contributed by atoms with van der Waals surface area (Å²) in [5, 5.41) is 2.84. The molecule has 1 unspecified atom stereocenters. The Kier molecular flexibility index (Phi) is 7.91. The van der Waals surface area contributed by atoms with Crippen LogP contribution in [0.3, 0.4) is 0 Å². The minimum Gasteiger partial charge on any atom is -0.466 e. The number of carbonyl (C=O) groups is 2. The van der Waals surface area contributed by atoms with E-state index in [0.29, 0.717) is 39.8 Å². The van der Waals surface area contributed by atoms with E-state index in [9.17, 15) is 18.4 Å². The molecule has 37 heavy (non-hydrogen) atoms. The summed E-state index contributed by atoms with van der Waals surface area (Å²) in [5.41, 5.74) is 3.74. The maximum atomic E-state index is 14.6. The first kappa shape index (κ1) is 26.3. The molecule has 1 aliphatic rings. The molecule has 1 aliphatic carbocycles. The van der Waals surface area contributed by atoms with Gasteiger partial charge in [-0.1, -0.05) is 6.92 Å². The zero-order chi connectivity index (χ0) is 26.7. The van der Waals surface area contributed by atoms with Crippen LogP contribution in [0.2, 0.25) is 0 Å². The Morgan fingerprint density at radius 1 is 1.00 bits per heavy atom. The maximum absolute atomic E-state index is 14.6. The van der Waals surface area contributed by atoms with Crippen molar-refractivity contribution in [3.05, 3.63) is 88.0 Å². The Bertz CT molecular complexity index is 1330. The second kappa shape index (κ2) is 11.1. The van der Waals surface area contributed by atoms with Gasteiger partial charge < -0.3 is 14.8 Å². The molecule has 1 N–H and O–H groups in total. The van der Waals surface area contributed by atoms with Crippen LogP contribution in [0.15, 0.2) is 48.5 Å². The lowest BCUT2D eigenvalue weighted by molar-refractivity contribution is -0.143. The molecule has 194 valence electrons. The molecule has 1 saturated carbocycles. The van der Waals surface area contributed by atoms with Crippen molar-refractivity contribution in [3.63, 3.8) is 0 Å². The summed E-state index contributed by atoms with van der Waals surface area (Å²) >= 11 is 0. The second-order valence-electron chi connectivity index (χ2n) is 9.59. The largest absolute Gasteiger partial charge is 0.466 e. The molecule has 0 radical (unpaired) electrons. The van der Waals surface area contributed by atoms with Crippen molar-refractivity contribution in [2.45, 2.75) is 58.8 Å². The molecule has 1 amide bonds. The van der Waals surface area contributed by atoms with E-state index >= 15 is 0 Å². The van der Waals surface area contributed by atoms with E-state index < -0.39 is 23.6 Å². The van der Waals surface area contributed by atoms with Gasteiger partial charge in [0.2, 0.25) is 0 Å². The Morgan fingerprint density at radius 2 is 1.76 bits per heavy atom. The number of carbonyl (C=O) groups excluding carboxylic acids is 2. The van der Waals surface area contributed by atoms with Crippen LogP contribution >= 0.6 is 0 Å². The molecule has 0 saturated heterocycles. The minimum atomic E-state index is -0.463. The highest BCUT2D eigenvalue weighted by Crippen LogP contribution is 2.44. The molecule has 3 aromatic carbocycles. The normalized spacial score (nSPS) is 13.7. The first-order chi connectivity index (χ1) is 17.7. The van der Waals surface area contributed by atoms with Crippen LogP contribution in [-0.4, -0.2) is 18.5 Å². The molecule has 7 heteroatoms. The number of esters is 1. The molecule has 1 fully saturated rings. The highest BCUT2D eigenvalue weighted by molar-refractivity contribution is 6.06. The topological polar surface area (TPSA) is 64.6 Å². The molecular formula is C30H31F2NO4. The van der Waals surface area contributed by atoms with E-state index in [4.69, 9.17) is 9.47 Å². The third-order valence-corrected chi connectivity index (χ3v) is 6.55. The van der Waals surface area contributed by atoms with Crippen molar-refractivity contribution in [1.29, 1.82) is 0 Å². The number of benzene rings is 3. The van der Waals surface area contributed by atoms with Crippen molar-refractivity contribution in [2.24, 2.45) is 0 Å². The maximum Gasteiger partial charge on any atom is 0.306 e. The first-order valence-corrected chi connectivity index (χ1v) is 12.5. The molecule has 3 aromatic rings. The molecule has 0 aliphatic heterocycles. The summed E-state index contributed by atoms with van der Waals surface area (Å²) in [6.45, 7) is 7.41. The highest BCUT2D eigenvalue weighted by atomic mass is 19.1. The number of ether oxygens (including phenoxy) is 2. The molecule has 0 spiro atoms. The van der Waals surface area contributed by atoms with Gasteiger partial charge in [-0.15, -0.1) is 0 Å². The predicted octanol–water partition coefficient (Wildman–Crippen LogP) is 7.56. The van der Waals surface area contributed by atoms with E-state index in [1.54, 1.807) is 32.9 Å². The van der Waals surface area contributed by atoms with Gasteiger partial charge in [0.15, 0.2) is 0 Å². The van der Waals surface area contributed by atoms with Gasteiger partial charge in [0.05, 0.1) is 18.6 Å². The van der Waals surface area contributed by atoms with Crippen molar-refractivity contribution < 1.29 is 27.8 Å². The number of anilines is 1. The molecule has 0 aromatic heterocycles. The van der Waals surface area contributed by atoms with E-state index in [-0.39, 0.29) is 18.8 Å². The number of rotatable bonds is 9. The average Bonchev–Trinajstić information content (AvgIpc) is 3.68. The highest BCUT2D eigenvalue weighted by Gasteiger charge is 2.28. The number of nitrogens with one attached hydrogen (secondary N) is 1. The van der Waals surface area contributed by atoms with Gasteiger partial charge in [-0.3, -0.25) is 9.59 Å². The van der Waals surface area contributed by atoms with Crippen LogP contribution in [0.25, 0.3) is 0 Å². The van der Waals surface area contributed by atoms with Crippen molar-refractivity contribution in [2.75, 3.05) is 11.9 Å². The quantitative estimate of drug-likeness (QED) is 0.304. The molecule has 0 heterocycles. The summed E-state index contributed by atoms with van der Waals surface area (Å²) in [6, 6.07) is 12.2. The van der Waals surface area contributed by atoms with Gasteiger partial charge >= 0.3 is 5.97 Å². The number of hydrogen-bond donors (Lipinski definition) is 1. The predicted molar refractivity (Wildman–Crippen MR) is 138 cm³/mol. The fourth-order valence-corrected chi connectivity index (χ4v) is 4.42.